The van der Waals surface area contributed by atoms with Crippen molar-refractivity contribution in [2.24, 2.45) is 5.92 Å². The van der Waals surface area contributed by atoms with Gasteiger partial charge in [0.15, 0.2) is 0 Å². The quantitative estimate of drug-likeness (QED) is 0.851. The molecule has 3 rings (SSSR count). The first kappa shape index (κ1) is 15.0. The summed E-state index contributed by atoms with van der Waals surface area (Å²) in [5, 5.41) is 4.67. The number of nitrogens with zero attached hydrogens (tertiary/aromatic N) is 2. The lowest BCUT2D eigenvalue weighted by Gasteiger charge is -2.28. The molecule has 6 nitrogen and oxygen atoms in total. The summed E-state index contributed by atoms with van der Waals surface area (Å²) in [5.74, 6) is -0.466. The average Bonchev–Trinajstić information content (AvgIpc) is 3.05. The molecule has 0 bridgehead atoms. The molecule has 2 aliphatic heterocycles. The van der Waals surface area contributed by atoms with Gasteiger partial charge in [-0.25, -0.2) is 4.79 Å². The Kier molecular flexibility index (Phi) is 3.90. The Balaban J connectivity index is 1.65. The van der Waals surface area contributed by atoms with Crippen LogP contribution in [-0.2, 0) is 22.6 Å². The molecule has 22 heavy (non-hydrogen) atoms. The molecule has 1 unspecified atom stereocenters. The number of hydrogen-bond donors (Lipinski definition) is 1. The highest BCUT2D eigenvalue weighted by molar-refractivity contribution is 7.10. The maximum atomic E-state index is 12.4. The number of thiophene rings is 1. The van der Waals surface area contributed by atoms with E-state index in [9.17, 15) is 14.4 Å². The van der Waals surface area contributed by atoms with Gasteiger partial charge in [0.25, 0.3) is 5.91 Å². The summed E-state index contributed by atoms with van der Waals surface area (Å²) in [4.78, 5) is 40.6. The smallest absolute Gasteiger partial charge is 0.325 e. The lowest BCUT2D eigenvalue weighted by molar-refractivity contribution is -0.138. The molecule has 1 fully saturated rings. The van der Waals surface area contributed by atoms with Gasteiger partial charge >= 0.3 is 6.03 Å². The number of amides is 4. The highest BCUT2D eigenvalue weighted by Gasteiger charge is 2.41. The number of urea groups is 1. The molecule has 1 aromatic heterocycles. The molecular formula is C15H19N3O3S. The standard InChI is InChI=1S/C15H19N3O3S/c1-9(2)13-14(20)18(15(21)16-13)8-12(19)17-5-3-11-10(7-17)4-6-22-11/h4,6,9,13H,3,5,7-8H2,1-2H3,(H,16,21). The summed E-state index contributed by atoms with van der Waals surface area (Å²) < 4.78 is 0. The van der Waals surface area contributed by atoms with Crippen LogP contribution in [0, 0.1) is 5.92 Å². The van der Waals surface area contributed by atoms with E-state index < -0.39 is 12.1 Å². The van der Waals surface area contributed by atoms with Crippen molar-refractivity contribution in [3.63, 3.8) is 0 Å². The Morgan fingerprint density at radius 1 is 1.45 bits per heavy atom. The SMILES string of the molecule is CC(C)C1NC(=O)N(CC(=O)N2CCc3sccc3C2)C1=O. The average molecular weight is 321 g/mol. The van der Waals surface area contributed by atoms with Crippen molar-refractivity contribution < 1.29 is 14.4 Å². The van der Waals surface area contributed by atoms with Gasteiger partial charge in [0.1, 0.15) is 12.6 Å². The van der Waals surface area contributed by atoms with E-state index in [0.717, 1.165) is 11.3 Å². The molecule has 2 aliphatic rings. The molecular weight excluding hydrogens is 302 g/mol. The van der Waals surface area contributed by atoms with Gasteiger partial charge < -0.3 is 10.2 Å². The molecule has 1 N–H and O–H groups in total. The van der Waals surface area contributed by atoms with Crippen molar-refractivity contribution in [3.8, 4) is 0 Å². The maximum absolute atomic E-state index is 12.4. The molecule has 0 aliphatic carbocycles. The summed E-state index contributed by atoms with van der Waals surface area (Å²) in [6.07, 6.45) is 0.841. The van der Waals surface area contributed by atoms with E-state index in [2.05, 4.69) is 5.32 Å². The fraction of sp³-hybridized carbons (Fsp3) is 0.533. The van der Waals surface area contributed by atoms with Crippen LogP contribution in [0.5, 0.6) is 0 Å². The van der Waals surface area contributed by atoms with E-state index in [0.29, 0.717) is 13.1 Å². The number of hydrogen-bond acceptors (Lipinski definition) is 4. The second-order valence-corrected chi connectivity index (χ2v) is 7.03. The second-order valence-electron chi connectivity index (χ2n) is 6.03. The minimum Gasteiger partial charge on any atom is -0.336 e. The lowest BCUT2D eigenvalue weighted by atomic mass is 10.1. The van der Waals surface area contributed by atoms with Crippen LogP contribution in [0.15, 0.2) is 11.4 Å². The molecule has 1 saturated heterocycles. The second kappa shape index (κ2) is 5.72. The fourth-order valence-corrected chi connectivity index (χ4v) is 3.73. The van der Waals surface area contributed by atoms with E-state index in [1.807, 2.05) is 25.3 Å². The molecule has 3 heterocycles. The molecule has 0 radical (unpaired) electrons. The maximum Gasteiger partial charge on any atom is 0.325 e. The van der Waals surface area contributed by atoms with E-state index >= 15 is 0 Å². The Hall–Kier alpha value is -1.89. The predicted octanol–water partition coefficient (Wildman–Crippen LogP) is 1.21. The van der Waals surface area contributed by atoms with E-state index in [-0.39, 0.29) is 24.3 Å². The minimum absolute atomic E-state index is 0.0138. The predicted molar refractivity (Wildman–Crippen MR) is 82.3 cm³/mol. The number of carbonyl (C=O) groups is 3. The zero-order chi connectivity index (χ0) is 15.9. The summed E-state index contributed by atoms with van der Waals surface area (Å²) >= 11 is 1.71. The molecule has 4 amide bonds. The van der Waals surface area contributed by atoms with Gasteiger partial charge in [0.05, 0.1) is 0 Å². The van der Waals surface area contributed by atoms with Crippen LogP contribution < -0.4 is 5.32 Å². The minimum atomic E-state index is -0.523. The van der Waals surface area contributed by atoms with Gasteiger partial charge in [-0.05, 0) is 29.3 Å². The molecule has 7 heteroatoms. The van der Waals surface area contributed by atoms with Crippen LogP contribution in [0.2, 0.25) is 0 Å². The summed E-state index contributed by atoms with van der Waals surface area (Å²) in [6.45, 7) is 4.78. The van der Waals surface area contributed by atoms with Crippen LogP contribution in [0.25, 0.3) is 0 Å². The Labute approximate surface area is 133 Å². The first-order chi connectivity index (χ1) is 10.5. The number of nitrogens with one attached hydrogen (secondary N) is 1. The Bertz CT molecular complexity index is 625. The van der Waals surface area contributed by atoms with Crippen LogP contribution in [0.4, 0.5) is 4.79 Å². The van der Waals surface area contributed by atoms with Crippen molar-refractivity contribution in [1.29, 1.82) is 0 Å². The van der Waals surface area contributed by atoms with Crippen molar-refractivity contribution in [3.05, 3.63) is 21.9 Å². The van der Waals surface area contributed by atoms with Crippen LogP contribution in [0.3, 0.4) is 0 Å². The van der Waals surface area contributed by atoms with Gasteiger partial charge in [-0.2, -0.15) is 0 Å². The van der Waals surface area contributed by atoms with Gasteiger partial charge in [-0.1, -0.05) is 13.8 Å². The highest BCUT2D eigenvalue weighted by Crippen LogP contribution is 2.24. The summed E-state index contributed by atoms with van der Waals surface area (Å²) in [5.41, 5.74) is 1.17. The summed E-state index contributed by atoms with van der Waals surface area (Å²) in [6, 6.07) is 1.04. The third-order valence-electron chi connectivity index (χ3n) is 4.18. The van der Waals surface area contributed by atoms with Crippen molar-refractivity contribution in [1.82, 2.24) is 15.1 Å². The van der Waals surface area contributed by atoms with Gasteiger partial charge in [0.2, 0.25) is 5.91 Å². The van der Waals surface area contributed by atoms with Crippen LogP contribution in [0.1, 0.15) is 24.3 Å². The fourth-order valence-electron chi connectivity index (χ4n) is 2.84. The van der Waals surface area contributed by atoms with Crippen LogP contribution in [-0.4, -0.2) is 46.8 Å². The van der Waals surface area contributed by atoms with E-state index in [1.54, 1.807) is 16.2 Å². The molecule has 0 saturated carbocycles. The molecule has 0 aromatic carbocycles. The molecule has 1 atom stereocenters. The summed E-state index contributed by atoms with van der Waals surface area (Å²) in [7, 11) is 0. The van der Waals surface area contributed by atoms with Crippen molar-refractivity contribution >= 4 is 29.2 Å². The first-order valence-electron chi connectivity index (χ1n) is 7.42. The van der Waals surface area contributed by atoms with Crippen molar-refractivity contribution in [2.45, 2.75) is 32.9 Å². The molecule has 0 spiro atoms. The zero-order valence-electron chi connectivity index (χ0n) is 12.7. The van der Waals surface area contributed by atoms with Gasteiger partial charge in [-0.15, -0.1) is 11.3 Å². The molecule has 118 valence electrons. The number of carbonyl (C=O) groups excluding carboxylic acids is 3. The number of imide groups is 1. The van der Waals surface area contributed by atoms with Gasteiger partial charge in [0, 0.05) is 18.0 Å². The number of fused-ring (bicyclic) bond motifs is 1. The number of rotatable bonds is 3. The third kappa shape index (κ3) is 2.61. The third-order valence-corrected chi connectivity index (χ3v) is 5.20. The van der Waals surface area contributed by atoms with E-state index in [1.165, 1.54) is 10.4 Å². The highest BCUT2D eigenvalue weighted by atomic mass is 32.1. The monoisotopic (exact) mass is 321 g/mol. The Morgan fingerprint density at radius 2 is 2.23 bits per heavy atom. The Morgan fingerprint density at radius 3 is 2.91 bits per heavy atom. The zero-order valence-corrected chi connectivity index (χ0v) is 13.5. The first-order valence-corrected chi connectivity index (χ1v) is 8.30. The molecule has 1 aromatic rings. The largest absolute Gasteiger partial charge is 0.336 e. The normalized spacial score (nSPS) is 21.3. The van der Waals surface area contributed by atoms with Gasteiger partial charge in [-0.3, -0.25) is 14.5 Å². The van der Waals surface area contributed by atoms with Crippen LogP contribution >= 0.6 is 11.3 Å². The van der Waals surface area contributed by atoms with E-state index in [4.69, 9.17) is 0 Å². The topological polar surface area (TPSA) is 69.7 Å². The van der Waals surface area contributed by atoms with Crippen molar-refractivity contribution in [2.75, 3.05) is 13.1 Å². The lowest BCUT2D eigenvalue weighted by Crippen LogP contribution is -2.45.